The number of morpholine rings is 1. The molecule has 6 fully saturated rings. The Morgan fingerprint density at radius 1 is 1.19 bits per heavy atom. The molecule has 0 aromatic carbocycles. The number of unbranched alkanes of at least 4 members (excludes halogenated alkanes) is 1. The fourth-order valence-corrected chi connectivity index (χ4v) is 12.1. The third kappa shape index (κ3) is 3.78. The molecular weight excluding hydrogens is 528 g/mol. The molecule has 3 heterocycles. The molecule has 234 valence electrons. The Labute approximate surface area is 252 Å². The van der Waals surface area contributed by atoms with Crippen LogP contribution >= 0.6 is 0 Å². The lowest BCUT2D eigenvalue weighted by molar-refractivity contribution is -0.198. The molecule has 3 saturated carbocycles. The number of carboxylic acids is 1. The molecule has 42 heavy (non-hydrogen) atoms. The zero-order valence-electron chi connectivity index (χ0n) is 26.4. The molecule has 7 heteroatoms. The highest BCUT2D eigenvalue weighted by Gasteiger charge is 2.86. The van der Waals surface area contributed by atoms with Gasteiger partial charge in [-0.3, -0.25) is 14.6 Å². The first-order chi connectivity index (χ1) is 20.2. The van der Waals surface area contributed by atoms with Gasteiger partial charge in [-0.15, -0.1) is 0 Å². The van der Waals surface area contributed by atoms with Crippen molar-refractivity contribution in [1.29, 1.82) is 0 Å². The van der Waals surface area contributed by atoms with Crippen LogP contribution in [0.2, 0.25) is 0 Å². The number of nitrogens with zero attached hydrogens (tertiary/aromatic N) is 2. The minimum atomic E-state index is -1.14. The van der Waals surface area contributed by atoms with Gasteiger partial charge in [0.15, 0.2) is 0 Å². The van der Waals surface area contributed by atoms with Crippen molar-refractivity contribution in [3.8, 4) is 0 Å². The molecule has 3 saturated heterocycles. The minimum absolute atomic E-state index is 0.103. The van der Waals surface area contributed by atoms with E-state index in [1.54, 1.807) is 0 Å². The molecule has 7 rings (SSSR count). The number of carbonyl (C=O) groups is 2. The van der Waals surface area contributed by atoms with Gasteiger partial charge >= 0.3 is 5.97 Å². The Hall–Kier alpha value is -1.28. The highest BCUT2D eigenvalue weighted by atomic mass is 16.5. The second-order valence-corrected chi connectivity index (χ2v) is 15.7. The molecule has 3 aliphatic heterocycles. The normalized spacial score (nSPS) is 47.1. The van der Waals surface area contributed by atoms with Crippen LogP contribution in [0.4, 0.5) is 0 Å². The summed E-state index contributed by atoms with van der Waals surface area (Å²) in [4.78, 5) is 32.6. The van der Waals surface area contributed by atoms with E-state index in [1.807, 2.05) is 0 Å². The number of allylic oxidation sites excluding steroid dienone is 1. The fraction of sp³-hybridized carbons (Fsp3) is 0.886. The molecular formula is C35H54N2O5. The van der Waals surface area contributed by atoms with Gasteiger partial charge in [0.2, 0.25) is 0 Å². The molecule has 1 N–H and O–H groups in total. The first kappa shape index (κ1) is 29.4. The molecule has 7 aliphatic rings. The van der Waals surface area contributed by atoms with E-state index in [9.17, 15) is 14.7 Å². The number of carboxylic acid groups (broad SMARTS) is 1. The smallest absolute Gasteiger partial charge is 0.315 e. The summed E-state index contributed by atoms with van der Waals surface area (Å²) in [6.45, 7) is 15.8. The van der Waals surface area contributed by atoms with Crippen molar-refractivity contribution in [1.82, 2.24) is 9.80 Å². The second-order valence-electron chi connectivity index (χ2n) is 15.7. The van der Waals surface area contributed by atoms with Gasteiger partial charge in [0.1, 0.15) is 11.7 Å². The Morgan fingerprint density at radius 3 is 2.62 bits per heavy atom. The van der Waals surface area contributed by atoms with Gasteiger partial charge in [0.25, 0.3) is 0 Å². The van der Waals surface area contributed by atoms with E-state index in [0.717, 1.165) is 96.3 Å². The van der Waals surface area contributed by atoms with Crippen LogP contribution in [-0.2, 0) is 19.1 Å². The maximum Gasteiger partial charge on any atom is 0.315 e. The predicted octanol–water partition coefficient (Wildman–Crippen LogP) is 4.89. The maximum atomic E-state index is 14.0. The van der Waals surface area contributed by atoms with Crippen molar-refractivity contribution >= 4 is 12.3 Å². The lowest BCUT2D eigenvalue weighted by Gasteiger charge is -2.60. The van der Waals surface area contributed by atoms with E-state index in [-0.39, 0.29) is 30.0 Å². The monoisotopic (exact) mass is 582 g/mol. The average molecular weight is 583 g/mol. The Morgan fingerprint density at radius 2 is 1.95 bits per heavy atom. The van der Waals surface area contributed by atoms with Gasteiger partial charge in [0, 0.05) is 44.2 Å². The van der Waals surface area contributed by atoms with Crippen LogP contribution in [0, 0.1) is 51.8 Å². The maximum absolute atomic E-state index is 14.0. The summed E-state index contributed by atoms with van der Waals surface area (Å²) in [5, 5.41) is 11.5. The lowest BCUT2D eigenvalue weighted by Crippen LogP contribution is -2.65. The number of rotatable bonds is 10. The summed E-state index contributed by atoms with van der Waals surface area (Å²) in [6, 6.07) is 0.616. The van der Waals surface area contributed by atoms with Gasteiger partial charge in [-0.05, 0) is 67.6 Å². The van der Waals surface area contributed by atoms with Crippen LogP contribution in [0.1, 0.15) is 79.1 Å². The third-order valence-corrected chi connectivity index (χ3v) is 13.8. The Balaban J connectivity index is 1.21. The number of fused-ring (bicyclic) bond motifs is 2. The fourth-order valence-electron chi connectivity index (χ4n) is 12.1. The third-order valence-electron chi connectivity index (χ3n) is 13.8. The molecule has 7 nitrogen and oxygen atoms in total. The standard InChI is InChI=1S/C35H54N2O5/c1-5-6-7-24-14-31(42-30(24)20-36-18-26(19-36)37-10-12-41-13-11-37)34-17-27-23(4)8-9-28(27)33(21-38)16-25(34)15-29(22(2)3)35(33,34)32(39)40/h15,21-28,30-31H,5-14,16-20H2,1-4H3,(H,39,40)/t23-,24?,25?,27-,28-,30?,31?,33?,34?,35?/m1/s1. The highest BCUT2D eigenvalue weighted by molar-refractivity contribution is 5.90. The number of hydrogen-bond acceptors (Lipinski definition) is 6. The van der Waals surface area contributed by atoms with Crippen LogP contribution in [0.25, 0.3) is 0 Å². The molecule has 0 amide bonds. The van der Waals surface area contributed by atoms with Gasteiger partial charge in [0.05, 0.1) is 30.8 Å². The molecule has 0 aromatic heterocycles. The quantitative estimate of drug-likeness (QED) is 0.290. The van der Waals surface area contributed by atoms with Crippen LogP contribution in [-0.4, -0.2) is 91.3 Å². The summed E-state index contributed by atoms with van der Waals surface area (Å²) >= 11 is 0. The summed E-state index contributed by atoms with van der Waals surface area (Å²) < 4.78 is 12.9. The SMILES string of the molecule is CCCCC1CC(C23C[C@@H]4[C@H](C)CC[C@H]4C4(C=O)CC2C=C(C(C)C)C34C(=O)O)OC1CN1CC(N2CCOCC2)C1. The number of aliphatic carboxylic acids is 1. The predicted molar refractivity (Wildman–Crippen MR) is 161 cm³/mol. The number of aldehydes is 1. The van der Waals surface area contributed by atoms with E-state index < -0.39 is 22.2 Å². The van der Waals surface area contributed by atoms with E-state index in [2.05, 4.69) is 43.6 Å². The summed E-state index contributed by atoms with van der Waals surface area (Å²) in [6.07, 6.45) is 11.7. The zero-order chi connectivity index (χ0) is 29.4. The largest absolute Gasteiger partial charge is 0.481 e. The Bertz CT molecular complexity index is 1100. The van der Waals surface area contributed by atoms with E-state index in [4.69, 9.17) is 9.47 Å². The van der Waals surface area contributed by atoms with E-state index in [0.29, 0.717) is 30.2 Å². The lowest BCUT2D eigenvalue weighted by atomic mass is 9.41. The van der Waals surface area contributed by atoms with Crippen LogP contribution in [0.15, 0.2) is 11.6 Å². The number of ether oxygens (including phenoxy) is 2. The van der Waals surface area contributed by atoms with Crippen LogP contribution < -0.4 is 0 Å². The molecule has 7 unspecified atom stereocenters. The van der Waals surface area contributed by atoms with Gasteiger partial charge in [-0.2, -0.15) is 0 Å². The van der Waals surface area contributed by atoms with Gasteiger partial charge < -0.3 is 19.4 Å². The molecule has 0 radical (unpaired) electrons. The van der Waals surface area contributed by atoms with Crippen molar-refractivity contribution in [2.45, 2.75) is 97.3 Å². The van der Waals surface area contributed by atoms with Crippen LogP contribution in [0.3, 0.4) is 0 Å². The van der Waals surface area contributed by atoms with Crippen molar-refractivity contribution in [3.05, 3.63) is 11.6 Å². The van der Waals surface area contributed by atoms with Crippen molar-refractivity contribution in [2.24, 2.45) is 51.8 Å². The number of carbonyl (C=O) groups excluding carboxylic acids is 1. The molecule has 10 atom stereocenters. The topological polar surface area (TPSA) is 79.3 Å². The van der Waals surface area contributed by atoms with Crippen LogP contribution in [0.5, 0.6) is 0 Å². The van der Waals surface area contributed by atoms with Crippen molar-refractivity contribution in [3.63, 3.8) is 0 Å². The molecule has 0 spiro atoms. The molecule has 0 aromatic rings. The summed E-state index contributed by atoms with van der Waals surface area (Å²) in [7, 11) is 0. The molecule has 4 bridgehead atoms. The average Bonchev–Trinajstić information content (AvgIpc) is 3.67. The number of hydrogen-bond donors (Lipinski definition) is 1. The second kappa shape index (κ2) is 10.7. The zero-order valence-corrected chi connectivity index (χ0v) is 26.4. The summed E-state index contributed by atoms with van der Waals surface area (Å²) in [5.74, 6) is 1.03. The van der Waals surface area contributed by atoms with E-state index in [1.165, 1.54) is 6.42 Å². The minimum Gasteiger partial charge on any atom is -0.481 e. The van der Waals surface area contributed by atoms with E-state index >= 15 is 0 Å². The first-order valence-corrected chi connectivity index (χ1v) is 17.3. The number of likely N-dealkylation sites (tertiary alicyclic amines) is 1. The van der Waals surface area contributed by atoms with Gasteiger partial charge in [-0.25, -0.2) is 0 Å². The van der Waals surface area contributed by atoms with Crippen molar-refractivity contribution < 1.29 is 24.2 Å². The van der Waals surface area contributed by atoms with Crippen molar-refractivity contribution in [2.75, 3.05) is 45.9 Å². The first-order valence-electron chi connectivity index (χ1n) is 17.3. The summed E-state index contributed by atoms with van der Waals surface area (Å²) in [5.41, 5.74) is -1.44. The highest BCUT2D eigenvalue weighted by Crippen LogP contribution is 2.84. The van der Waals surface area contributed by atoms with Gasteiger partial charge in [-0.1, -0.05) is 58.6 Å². The molecule has 4 aliphatic carbocycles. The Kier molecular flexibility index (Phi) is 7.47.